The topological polar surface area (TPSA) is 95.2 Å². The van der Waals surface area contributed by atoms with E-state index in [-0.39, 0.29) is 18.0 Å². The summed E-state index contributed by atoms with van der Waals surface area (Å²) in [7, 11) is 1.53. The van der Waals surface area contributed by atoms with Gasteiger partial charge in [-0.25, -0.2) is 4.79 Å². The average Bonchev–Trinajstić information content (AvgIpc) is 2.66. The molecule has 0 amide bonds. The predicted molar refractivity (Wildman–Crippen MR) is 65.8 cm³/mol. The van der Waals surface area contributed by atoms with Crippen molar-refractivity contribution in [1.29, 1.82) is 0 Å². The van der Waals surface area contributed by atoms with Crippen molar-refractivity contribution in [2.75, 3.05) is 13.7 Å². The first kappa shape index (κ1) is 12.4. The number of aliphatic carboxylic acids is 1. The van der Waals surface area contributed by atoms with E-state index in [1.54, 1.807) is 18.2 Å². The number of carboxylic acids is 1. The van der Waals surface area contributed by atoms with Gasteiger partial charge in [-0.2, -0.15) is 0 Å². The molecule has 0 aliphatic carbocycles. The summed E-state index contributed by atoms with van der Waals surface area (Å²) in [6, 6.07) is 5.34. The third kappa shape index (κ3) is 2.60. The first-order valence-corrected chi connectivity index (χ1v) is 5.53. The van der Waals surface area contributed by atoms with Crippen molar-refractivity contribution in [1.82, 2.24) is 9.97 Å². The fourth-order valence-electron chi connectivity index (χ4n) is 1.99. The summed E-state index contributed by atoms with van der Waals surface area (Å²) < 4.78 is 5.03. The number of fused-ring (bicyclic) bond motifs is 1. The van der Waals surface area contributed by atoms with E-state index in [0.29, 0.717) is 17.6 Å². The Morgan fingerprint density at radius 1 is 1.39 bits per heavy atom. The number of hydrogen-bond donors (Lipinski definition) is 3. The number of H-pyrrole nitrogens is 2. The van der Waals surface area contributed by atoms with Gasteiger partial charge in [0.05, 0.1) is 24.1 Å². The molecule has 96 valence electrons. The third-order valence-electron chi connectivity index (χ3n) is 2.80. The number of imidazole rings is 1. The lowest BCUT2D eigenvalue weighted by Crippen LogP contribution is -2.11. The van der Waals surface area contributed by atoms with Gasteiger partial charge < -0.3 is 19.8 Å². The molecular formula is C12H14N2O4. The Hall–Kier alpha value is -2.08. The van der Waals surface area contributed by atoms with Crippen molar-refractivity contribution in [3.63, 3.8) is 0 Å². The number of carbonyl (C=O) groups is 1. The zero-order valence-corrected chi connectivity index (χ0v) is 9.90. The van der Waals surface area contributed by atoms with Crippen LogP contribution in [0.5, 0.6) is 0 Å². The van der Waals surface area contributed by atoms with E-state index in [1.165, 1.54) is 7.11 Å². The van der Waals surface area contributed by atoms with Crippen LogP contribution in [0.1, 0.15) is 17.9 Å². The fourth-order valence-corrected chi connectivity index (χ4v) is 1.99. The van der Waals surface area contributed by atoms with Gasteiger partial charge in [-0.15, -0.1) is 0 Å². The largest absolute Gasteiger partial charge is 0.481 e. The maximum Gasteiger partial charge on any atom is 0.323 e. The Labute approximate surface area is 103 Å². The maximum atomic E-state index is 11.1. The van der Waals surface area contributed by atoms with Gasteiger partial charge in [-0.1, -0.05) is 6.07 Å². The molecule has 3 N–H and O–H groups in total. The van der Waals surface area contributed by atoms with E-state index in [0.717, 1.165) is 5.56 Å². The summed E-state index contributed by atoms with van der Waals surface area (Å²) >= 11 is 0. The van der Waals surface area contributed by atoms with E-state index in [9.17, 15) is 9.59 Å². The predicted octanol–water partition coefficient (Wildman–Crippen LogP) is 1.06. The monoisotopic (exact) mass is 250 g/mol. The van der Waals surface area contributed by atoms with Crippen LogP contribution < -0.4 is 5.69 Å². The zero-order valence-electron chi connectivity index (χ0n) is 9.90. The van der Waals surface area contributed by atoms with Crippen LogP contribution in [-0.4, -0.2) is 34.8 Å². The summed E-state index contributed by atoms with van der Waals surface area (Å²) in [5.74, 6) is -1.10. The van der Waals surface area contributed by atoms with E-state index in [4.69, 9.17) is 9.84 Å². The highest BCUT2D eigenvalue weighted by Gasteiger charge is 2.16. The van der Waals surface area contributed by atoms with Crippen molar-refractivity contribution in [3.05, 3.63) is 34.2 Å². The number of benzene rings is 1. The number of methoxy groups -OCH3 is 1. The summed E-state index contributed by atoms with van der Waals surface area (Å²) in [4.78, 5) is 27.2. The summed E-state index contributed by atoms with van der Waals surface area (Å²) in [6.07, 6.45) is -0.00595. The van der Waals surface area contributed by atoms with Gasteiger partial charge in [0, 0.05) is 13.0 Å². The van der Waals surface area contributed by atoms with Crippen molar-refractivity contribution >= 4 is 17.0 Å². The fraction of sp³-hybridized carbons (Fsp3) is 0.333. The molecule has 0 aliphatic rings. The second-order valence-corrected chi connectivity index (χ2v) is 4.13. The lowest BCUT2D eigenvalue weighted by molar-refractivity contribution is -0.137. The smallest absolute Gasteiger partial charge is 0.323 e. The molecule has 1 unspecified atom stereocenters. The third-order valence-corrected chi connectivity index (χ3v) is 2.80. The van der Waals surface area contributed by atoms with Crippen molar-refractivity contribution in [3.8, 4) is 0 Å². The molecule has 0 radical (unpaired) electrons. The minimum absolute atomic E-state index is 0.00595. The maximum absolute atomic E-state index is 11.1. The Morgan fingerprint density at radius 3 is 2.78 bits per heavy atom. The van der Waals surface area contributed by atoms with Crippen molar-refractivity contribution < 1.29 is 14.6 Å². The SMILES string of the molecule is COCC(CC(=O)O)c1ccc2[nH]c(=O)[nH]c2c1. The minimum Gasteiger partial charge on any atom is -0.481 e. The van der Waals surface area contributed by atoms with E-state index in [1.807, 2.05) is 0 Å². The van der Waals surface area contributed by atoms with E-state index < -0.39 is 5.97 Å². The Balaban J connectivity index is 2.36. The minimum atomic E-state index is -0.875. The van der Waals surface area contributed by atoms with Crippen molar-refractivity contribution in [2.45, 2.75) is 12.3 Å². The molecule has 1 heterocycles. The first-order chi connectivity index (χ1) is 8.60. The standard InChI is InChI=1S/C12H14N2O4/c1-18-6-8(5-11(15)16)7-2-3-9-10(4-7)14-12(17)13-9/h2-4,8H,5-6H2,1H3,(H,15,16)(H2,13,14,17). The second kappa shape index (κ2) is 5.05. The Bertz CT molecular complexity index is 614. The van der Waals surface area contributed by atoms with Gasteiger partial charge in [0.15, 0.2) is 0 Å². The van der Waals surface area contributed by atoms with E-state index in [2.05, 4.69) is 9.97 Å². The van der Waals surface area contributed by atoms with Crippen LogP contribution in [0.25, 0.3) is 11.0 Å². The molecule has 6 heteroatoms. The van der Waals surface area contributed by atoms with Gasteiger partial charge in [-0.3, -0.25) is 4.79 Å². The summed E-state index contributed by atoms with van der Waals surface area (Å²) in [5, 5.41) is 8.87. The number of aromatic amines is 2. The molecule has 0 aliphatic heterocycles. The van der Waals surface area contributed by atoms with Crippen LogP contribution in [0.15, 0.2) is 23.0 Å². The number of ether oxygens (including phenoxy) is 1. The van der Waals surface area contributed by atoms with Crippen LogP contribution in [0, 0.1) is 0 Å². The molecule has 2 aromatic rings. The van der Waals surface area contributed by atoms with Gasteiger partial charge in [0.2, 0.25) is 0 Å². The molecule has 6 nitrogen and oxygen atoms in total. The number of nitrogens with one attached hydrogen (secondary N) is 2. The number of rotatable bonds is 5. The normalized spacial score (nSPS) is 12.7. The van der Waals surface area contributed by atoms with Gasteiger partial charge in [0.1, 0.15) is 0 Å². The number of aromatic nitrogens is 2. The molecular weight excluding hydrogens is 236 g/mol. The summed E-state index contributed by atoms with van der Waals surface area (Å²) in [5.41, 5.74) is 1.94. The lowest BCUT2D eigenvalue weighted by atomic mass is 9.96. The second-order valence-electron chi connectivity index (χ2n) is 4.13. The van der Waals surface area contributed by atoms with Crippen LogP contribution in [0.2, 0.25) is 0 Å². The van der Waals surface area contributed by atoms with Gasteiger partial charge in [0.25, 0.3) is 0 Å². The van der Waals surface area contributed by atoms with Gasteiger partial charge in [-0.05, 0) is 17.7 Å². The average molecular weight is 250 g/mol. The number of hydrogen-bond acceptors (Lipinski definition) is 3. The lowest BCUT2D eigenvalue weighted by Gasteiger charge is -2.14. The molecule has 1 atom stereocenters. The van der Waals surface area contributed by atoms with Crippen LogP contribution in [-0.2, 0) is 9.53 Å². The molecule has 2 rings (SSSR count). The highest BCUT2D eigenvalue weighted by molar-refractivity contribution is 5.75. The zero-order chi connectivity index (χ0) is 13.1. The Morgan fingerprint density at radius 2 is 2.11 bits per heavy atom. The van der Waals surface area contributed by atoms with Crippen molar-refractivity contribution in [2.24, 2.45) is 0 Å². The molecule has 0 fully saturated rings. The summed E-state index contributed by atoms with van der Waals surface area (Å²) in [6.45, 7) is 0.326. The van der Waals surface area contributed by atoms with E-state index >= 15 is 0 Å². The van der Waals surface area contributed by atoms with Crippen LogP contribution in [0.4, 0.5) is 0 Å². The quantitative estimate of drug-likeness (QED) is 0.739. The first-order valence-electron chi connectivity index (χ1n) is 5.53. The highest BCUT2D eigenvalue weighted by atomic mass is 16.5. The molecule has 0 saturated heterocycles. The highest BCUT2D eigenvalue weighted by Crippen LogP contribution is 2.22. The van der Waals surface area contributed by atoms with Crippen LogP contribution >= 0.6 is 0 Å². The molecule has 1 aromatic heterocycles. The number of carboxylic acid groups (broad SMARTS) is 1. The Kier molecular flexibility index (Phi) is 3.47. The molecule has 18 heavy (non-hydrogen) atoms. The van der Waals surface area contributed by atoms with Gasteiger partial charge >= 0.3 is 11.7 Å². The molecule has 0 saturated carbocycles. The molecule has 1 aromatic carbocycles. The van der Waals surface area contributed by atoms with Crippen LogP contribution in [0.3, 0.4) is 0 Å². The molecule has 0 bridgehead atoms. The molecule has 0 spiro atoms.